The zero-order chi connectivity index (χ0) is 13.0. The molecule has 18 heavy (non-hydrogen) atoms. The van der Waals surface area contributed by atoms with Crippen molar-refractivity contribution in [2.75, 3.05) is 11.1 Å². The van der Waals surface area contributed by atoms with Crippen molar-refractivity contribution in [3.63, 3.8) is 0 Å². The molecule has 0 saturated carbocycles. The summed E-state index contributed by atoms with van der Waals surface area (Å²) >= 11 is 0. The molecule has 0 atom stereocenters. The number of aryl methyl sites for hydroxylation is 1. The van der Waals surface area contributed by atoms with Crippen LogP contribution in [0.5, 0.6) is 0 Å². The smallest absolute Gasteiger partial charge is 0.144 e. The van der Waals surface area contributed by atoms with Gasteiger partial charge >= 0.3 is 0 Å². The minimum Gasteiger partial charge on any atom is -0.397 e. The van der Waals surface area contributed by atoms with Crippen molar-refractivity contribution in [1.82, 2.24) is 4.98 Å². The zero-order valence-corrected chi connectivity index (χ0v) is 10.1. The highest BCUT2D eigenvalue weighted by molar-refractivity contribution is 5.57. The number of rotatable bonds is 3. The number of pyridine rings is 1. The van der Waals surface area contributed by atoms with Gasteiger partial charge in [0.25, 0.3) is 0 Å². The Morgan fingerprint density at radius 2 is 2.06 bits per heavy atom. The SMILES string of the molecule is Cc1ccc(CNc2ncc(N)cc2C#N)cc1. The van der Waals surface area contributed by atoms with E-state index >= 15 is 0 Å². The summed E-state index contributed by atoms with van der Waals surface area (Å²) in [4.78, 5) is 4.12. The predicted molar refractivity (Wildman–Crippen MR) is 71.9 cm³/mol. The third-order valence-electron chi connectivity index (χ3n) is 2.61. The minimum absolute atomic E-state index is 0.460. The Kier molecular flexibility index (Phi) is 3.44. The molecular formula is C14H14N4. The monoisotopic (exact) mass is 238 g/mol. The van der Waals surface area contributed by atoms with Gasteiger partial charge < -0.3 is 11.1 Å². The highest BCUT2D eigenvalue weighted by Gasteiger charge is 2.03. The van der Waals surface area contributed by atoms with Gasteiger partial charge in [0.1, 0.15) is 11.9 Å². The van der Waals surface area contributed by atoms with E-state index in [1.165, 1.54) is 11.8 Å². The first-order valence-corrected chi connectivity index (χ1v) is 5.64. The normalized spacial score (nSPS) is 9.78. The lowest BCUT2D eigenvalue weighted by molar-refractivity contribution is 1.10. The fourth-order valence-corrected chi connectivity index (χ4v) is 1.60. The van der Waals surface area contributed by atoms with Gasteiger partial charge in [0.15, 0.2) is 0 Å². The Balaban J connectivity index is 2.11. The first-order chi connectivity index (χ1) is 8.69. The van der Waals surface area contributed by atoms with Crippen LogP contribution in [-0.2, 0) is 6.54 Å². The fraction of sp³-hybridized carbons (Fsp3) is 0.143. The molecule has 1 aromatic heterocycles. The highest BCUT2D eigenvalue weighted by Crippen LogP contribution is 2.15. The topological polar surface area (TPSA) is 74.7 Å². The second-order valence-corrected chi connectivity index (χ2v) is 4.12. The summed E-state index contributed by atoms with van der Waals surface area (Å²) in [6.07, 6.45) is 1.54. The molecule has 0 fully saturated rings. The number of nitrogen functional groups attached to an aromatic ring is 1. The van der Waals surface area contributed by atoms with E-state index in [0.29, 0.717) is 23.6 Å². The van der Waals surface area contributed by atoms with Gasteiger partial charge in [0.05, 0.1) is 17.4 Å². The van der Waals surface area contributed by atoms with Gasteiger partial charge in [-0.25, -0.2) is 4.98 Å². The Morgan fingerprint density at radius 3 is 2.72 bits per heavy atom. The van der Waals surface area contributed by atoms with Crippen LogP contribution in [0.4, 0.5) is 11.5 Å². The maximum absolute atomic E-state index is 8.99. The van der Waals surface area contributed by atoms with Gasteiger partial charge in [-0.05, 0) is 18.6 Å². The van der Waals surface area contributed by atoms with Crippen LogP contribution in [0.2, 0.25) is 0 Å². The first-order valence-electron chi connectivity index (χ1n) is 5.64. The van der Waals surface area contributed by atoms with Crippen molar-refractivity contribution in [3.8, 4) is 6.07 Å². The van der Waals surface area contributed by atoms with Crippen LogP contribution in [0.1, 0.15) is 16.7 Å². The van der Waals surface area contributed by atoms with Crippen LogP contribution in [0.3, 0.4) is 0 Å². The van der Waals surface area contributed by atoms with Crippen molar-refractivity contribution in [2.45, 2.75) is 13.5 Å². The number of nitrogens with two attached hydrogens (primary N) is 1. The number of aromatic nitrogens is 1. The molecular weight excluding hydrogens is 224 g/mol. The van der Waals surface area contributed by atoms with Crippen molar-refractivity contribution < 1.29 is 0 Å². The summed E-state index contributed by atoms with van der Waals surface area (Å²) in [6, 6.07) is 11.9. The molecule has 0 aliphatic heterocycles. The molecule has 0 radical (unpaired) electrons. The van der Waals surface area contributed by atoms with Crippen molar-refractivity contribution in [2.24, 2.45) is 0 Å². The summed E-state index contributed by atoms with van der Waals surface area (Å²) in [5.41, 5.74) is 8.90. The number of nitrogens with zero attached hydrogens (tertiary/aromatic N) is 2. The molecule has 0 unspecified atom stereocenters. The van der Waals surface area contributed by atoms with Gasteiger partial charge in [-0.15, -0.1) is 0 Å². The van der Waals surface area contributed by atoms with Gasteiger partial charge in [0, 0.05) is 6.54 Å². The number of nitriles is 1. The molecule has 0 aliphatic rings. The van der Waals surface area contributed by atoms with Crippen molar-refractivity contribution in [3.05, 3.63) is 53.2 Å². The fourth-order valence-electron chi connectivity index (χ4n) is 1.60. The van der Waals surface area contributed by atoms with Crippen LogP contribution in [-0.4, -0.2) is 4.98 Å². The van der Waals surface area contributed by atoms with Crippen LogP contribution in [0.15, 0.2) is 36.5 Å². The van der Waals surface area contributed by atoms with Gasteiger partial charge in [0.2, 0.25) is 0 Å². The minimum atomic E-state index is 0.460. The molecule has 0 spiro atoms. The molecule has 0 saturated heterocycles. The molecule has 0 aliphatic carbocycles. The molecule has 1 aromatic carbocycles. The molecule has 90 valence electrons. The van der Waals surface area contributed by atoms with Crippen molar-refractivity contribution >= 4 is 11.5 Å². The molecule has 2 aromatic rings. The second kappa shape index (κ2) is 5.19. The van der Waals surface area contributed by atoms with E-state index < -0.39 is 0 Å². The lowest BCUT2D eigenvalue weighted by atomic mass is 10.1. The number of hydrogen-bond acceptors (Lipinski definition) is 4. The molecule has 2 rings (SSSR count). The number of benzene rings is 1. The van der Waals surface area contributed by atoms with Crippen LogP contribution >= 0.6 is 0 Å². The summed E-state index contributed by atoms with van der Waals surface area (Å²) in [7, 11) is 0. The largest absolute Gasteiger partial charge is 0.397 e. The molecule has 4 heteroatoms. The molecule has 0 amide bonds. The number of nitrogens with one attached hydrogen (secondary N) is 1. The molecule has 3 N–H and O–H groups in total. The Bertz CT molecular complexity index is 582. The second-order valence-electron chi connectivity index (χ2n) is 4.12. The zero-order valence-electron chi connectivity index (χ0n) is 10.1. The van der Waals surface area contributed by atoms with E-state index in [4.69, 9.17) is 11.0 Å². The predicted octanol–water partition coefficient (Wildman–Crippen LogP) is 2.46. The maximum Gasteiger partial charge on any atom is 0.144 e. The standard InChI is InChI=1S/C14H14N4/c1-10-2-4-11(5-3-10)8-17-14-12(7-15)6-13(16)9-18-14/h2-6,9H,8,16H2,1H3,(H,17,18). The quantitative estimate of drug-likeness (QED) is 0.861. The van der Waals surface area contributed by atoms with E-state index in [0.717, 1.165) is 5.56 Å². The maximum atomic E-state index is 8.99. The van der Waals surface area contributed by atoms with E-state index in [1.807, 2.05) is 19.1 Å². The van der Waals surface area contributed by atoms with E-state index in [9.17, 15) is 0 Å². The summed E-state index contributed by atoms with van der Waals surface area (Å²) < 4.78 is 0. The summed E-state index contributed by atoms with van der Waals surface area (Å²) in [5.74, 6) is 0.562. The summed E-state index contributed by atoms with van der Waals surface area (Å²) in [6.45, 7) is 2.68. The Hall–Kier alpha value is -2.54. The highest BCUT2D eigenvalue weighted by atomic mass is 15.0. The van der Waals surface area contributed by atoms with E-state index in [1.54, 1.807) is 6.07 Å². The van der Waals surface area contributed by atoms with Crippen LogP contribution < -0.4 is 11.1 Å². The first kappa shape index (κ1) is 11.9. The van der Waals surface area contributed by atoms with E-state index in [-0.39, 0.29) is 0 Å². The number of anilines is 2. The Labute approximate surface area is 106 Å². The van der Waals surface area contributed by atoms with Crippen molar-refractivity contribution in [1.29, 1.82) is 5.26 Å². The Morgan fingerprint density at radius 1 is 1.33 bits per heavy atom. The van der Waals surface area contributed by atoms with Gasteiger partial charge in [-0.3, -0.25) is 0 Å². The third-order valence-corrected chi connectivity index (χ3v) is 2.61. The lowest BCUT2D eigenvalue weighted by Gasteiger charge is -2.08. The third kappa shape index (κ3) is 2.77. The van der Waals surface area contributed by atoms with Gasteiger partial charge in [-0.2, -0.15) is 5.26 Å². The van der Waals surface area contributed by atoms with Gasteiger partial charge in [-0.1, -0.05) is 29.8 Å². The molecule has 4 nitrogen and oxygen atoms in total. The summed E-state index contributed by atoms with van der Waals surface area (Å²) in [5, 5.41) is 12.1. The lowest BCUT2D eigenvalue weighted by Crippen LogP contribution is -2.04. The number of hydrogen-bond donors (Lipinski definition) is 2. The molecule has 0 bridgehead atoms. The van der Waals surface area contributed by atoms with E-state index in [2.05, 4.69) is 28.5 Å². The van der Waals surface area contributed by atoms with Crippen LogP contribution in [0.25, 0.3) is 0 Å². The average Bonchev–Trinajstić information content (AvgIpc) is 2.39. The van der Waals surface area contributed by atoms with Crippen LogP contribution in [0, 0.1) is 18.3 Å². The average molecular weight is 238 g/mol. The molecule has 1 heterocycles.